The van der Waals surface area contributed by atoms with Crippen LogP contribution in [-0.4, -0.2) is 34.8 Å². The fourth-order valence-electron chi connectivity index (χ4n) is 2.55. The number of oxazole rings is 1. The van der Waals surface area contributed by atoms with Gasteiger partial charge in [-0.3, -0.25) is 4.98 Å². The number of alkyl carbamates (subject to hydrolysis) is 1. The number of aromatic nitrogens is 2. The Kier molecular flexibility index (Phi) is 7.07. The van der Waals surface area contributed by atoms with Crippen LogP contribution in [0.2, 0.25) is 0 Å². The smallest absolute Gasteiger partial charge is 0.407 e. The maximum absolute atomic E-state index is 13.2. The van der Waals surface area contributed by atoms with Gasteiger partial charge in [-0.05, 0) is 50.6 Å². The van der Waals surface area contributed by atoms with E-state index in [0.29, 0.717) is 35.7 Å². The number of rotatable bonds is 8. The Balaban J connectivity index is 1.53. The Morgan fingerprint density at radius 1 is 1.23 bits per heavy atom. The number of nitrogens with one attached hydrogen (secondary N) is 2. The van der Waals surface area contributed by atoms with Crippen molar-refractivity contribution in [3.8, 4) is 5.75 Å². The summed E-state index contributed by atoms with van der Waals surface area (Å²) < 4.78 is 29.6. The Morgan fingerprint density at radius 2 is 2.00 bits per heavy atom. The van der Waals surface area contributed by atoms with Crippen molar-refractivity contribution < 1.29 is 23.1 Å². The van der Waals surface area contributed by atoms with E-state index in [9.17, 15) is 9.18 Å². The highest BCUT2D eigenvalue weighted by atomic mass is 19.1. The van der Waals surface area contributed by atoms with Crippen LogP contribution in [0.5, 0.6) is 5.75 Å². The zero-order valence-electron chi connectivity index (χ0n) is 17.6. The molecule has 31 heavy (non-hydrogen) atoms. The van der Waals surface area contributed by atoms with E-state index in [1.807, 2.05) is 12.1 Å². The monoisotopic (exact) mass is 428 g/mol. The molecule has 3 aromatic rings. The van der Waals surface area contributed by atoms with Gasteiger partial charge < -0.3 is 24.5 Å². The molecule has 0 fully saturated rings. The molecule has 0 bridgehead atoms. The van der Waals surface area contributed by atoms with E-state index in [1.54, 1.807) is 51.4 Å². The van der Waals surface area contributed by atoms with Crippen LogP contribution in [0.4, 0.5) is 15.2 Å². The first-order valence-electron chi connectivity index (χ1n) is 9.73. The van der Waals surface area contributed by atoms with Gasteiger partial charge in [-0.15, -0.1) is 0 Å². The second kappa shape index (κ2) is 9.92. The molecule has 9 heteroatoms. The molecule has 0 spiro atoms. The van der Waals surface area contributed by atoms with Crippen molar-refractivity contribution in [3.05, 3.63) is 60.2 Å². The SMILES string of the molecule is CC(C)(C)OC(=O)NC/C(=C/F)COc1ccc2nc(NCc3ccncc3)oc2c1. The van der Waals surface area contributed by atoms with Crippen molar-refractivity contribution in [1.82, 2.24) is 15.3 Å². The van der Waals surface area contributed by atoms with Gasteiger partial charge in [0, 0.05) is 37.1 Å². The lowest BCUT2D eigenvalue weighted by Gasteiger charge is -2.20. The van der Waals surface area contributed by atoms with Gasteiger partial charge in [0.05, 0.1) is 6.33 Å². The van der Waals surface area contributed by atoms with Crippen LogP contribution < -0.4 is 15.4 Å². The second-order valence-corrected chi connectivity index (χ2v) is 7.77. The van der Waals surface area contributed by atoms with Crippen LogP contribution in [-0.2, 0) is 11.3 Å². The maximum Gasteiger partial charge on any atom is 0.407 e. The van der Waals surface area contributed by atoms with Crippen molar-refractivity contribution in [2.75, 3.05) is 18.5 Å². The lowest BCUT2D eigenvalue weighted by atomic mass is 10.2. The summed E-state index contributed by atoms with van der Waals surface area (Å²) in [6.45, 7) is 5.73. The average molecular weight is 428 g/mol. The minimum Gasteiger partial charge on any atom is -0.489 e. The van der Waals surface area contributed by atoms with E-state index in [1.165, 1.54) is 0 Å². The Labute approximate surface area is 179 Å². The minimum atomic E-state index is -0.626. The van der Waals surface area contributed by atoms with Crippen LogP contribution in [0.1, 0.15) is 26.3 Å². The summed E-state index contributed by atoms with van der Waals surface area (Å²) in [7, 11) is 0. The molecular weight excluding hydrogens is 403 g/mol. The number of carbonyl (C=O) groups excluding carboxylic acids is 1. The van der Waals surface area contributed by atoms with E-state index in [-0.39, 0.29) is 18.7 Å². The quantitative estimate of drug-likeness (QED) is 0.541. The molecule has 0 atom stereocenters. The van der Waals surface area contributed by atoms with Gasteiger partial charge >= 0.3 is 6.09 Å². The molecule has 0 radical (unpaired) electrons. The third-order valence-electron chi connectivity index (χ3n) is 3.99. The molecule has 2 aromatic heterocycles. The summed E-state index contributed by atoms with van der Waals surface area (Å²) in [4.78, 5) is 20.1. The van der Waals surface area contributed by atoms with Crippen LogP contribution in [0.15, 0.2) is 59.0 Å². The maximum atomic E-state index is 13.2. The number of hydrogen-bond acceptors (Lipinski definition) is 7. The number of benzene rings is 1. The number of ether oxygens (including phenoxy) is 2. The number of halogens is 1. The molecule has 0 aliphatic carbocycles. The number of amides is 1. The molecule has 0 unspecified atom stereocenters. The Hall–Kier alpha value is -3.62. The average Bonchev–Trinajstić information content (AvgIpc) is 3.14. The minimum absolute atomic E-state index is 0.0287. The van der Waals surface area contributed by atoms with Crippen LogP contribution >= 0.6 is 0 Å². The highest BCUT2D eigenvalue weighted by molar-refractivity contribution is 5.76. The molecule has 2 heterocycles. The van der Waals surface area contributed by atoms with Gasteiger partial charge in [0.15, 0.2) is 5.58 Å². The first-order chi connectivity index (χ1) is 14.8. The largest absolute Gasteiger partial charge is 0.489 e. The van der Waals surface area contributed by atoms with Gasteiger partial charge in [0.2, 0.25) is 0 Å². The highest BCUT2D eigenvalue weighted by Crippen LogP contribution is 2.24. The summed E-state index contributed by atoms with van der Waals surface area (Å²) in [5, 5.41) is 5.61. The predicted molar refractivity (Wildman–Crippen MR) is 114 cm³/mol. The molecule has 8 nitrogen and oxygen atoms in total. The standard InChI is InChI=1S/C22H25FN4O4/c1-22(2,3)31-21(28)26-13-16(11-23)14-29-17-4-5-18-19(10-17)30-20(27-18)25-12-15-6-8-24-9-7-15/h4-11H,12-14H2,1-3H3,(H,25,27)(H,26,28)/b16-11-. The van der Waals surface area contributed by atoms with Crippen molar-refractivity contribution >= 4 is 23.2 Å². The van der Waals surface area contributed by atoms with Gasteiger partial charge in [0.25, 0.3) is 6.01 Å². The number of anilines is 1. The summed E-state index contributed by atoms with van der Waals surface area (Å²) in [5.74, 6) is 0.487. The first kappa shape index (κ1) is 22.1. The van der Waals surface area contributed by atoms with Crippen molar-refractivity contribution in [2.24, 2.45) is 0 Å². The molecule has 0 aliphatic rings. The fourth-order valence-corrected chi connectivity index (χ4v) is 2.55. The van der Waals surface area contributed by atoms with Crippen molar-refractivity contribution in [3.63, 3.8) is 0 Å². The first-order valence-corrected chi connectivity index (χ1v) is 9.73. The van der Waals surface area contributed by atoms with Crippen LogP contribution in [0, 0.1) is 0 Å². The highest BCUT2D eigenvalue weighted by Gasteiger charge is 2.16. The summed E-state index contributed by atoms with van der Waals surface area (Å²) >= 11 is 0. The van der Waals surface area contributed by atoms with Gasteiger partial charge in [0.1, 0.15) is 23.5 Å². The predicted octanol–water partition coefficient (Wildman–Crippen LogP) is 4.59. The summed E-state index contributed by atoms with van der Waals surface area (Å²) in [6, 6.07) is 9.33. The number of nitrogens with zero attached hydrogens (tertiary/aromatic N) is 2. The lowest BCUT2D eigenvalue weighted by molar-refractivity contribution is 0.0531. The van der Waals surface area contributed by atoms with E-state index >= 15 is 0 Å². The molecule has 2 N–H and O–H groups in total. The van der Waals surface area contributed by atoms with Gasteiger partial charge in [-0.2, -0.15) is 4.98 Å². The zero-order valence-corrected chi connectivity index (χ0v) is 17.6. The Morgan fingerprint density at radius 3 is 2.71 bits per heavy atom. The van der Waals surface area contributed by atoms with E-state index < -0.39 is 11.7 Å². The third kappa shape index (κ3) is 6.98. The zero-order chi connectivity index (χ0) is 22.3. The normalized spacial score (nSPS) is 11.9. The van der Waals surface area contributed by atoms with E-state index in [4.69, 9.17) is 13.9 Å². The summed E-state index contributed by atoms with van der Waals surface area (Å²) in [5.41, 5.74) is 1.87. The van der Waals surface area contributed by atoms with Crippen molar-refractivity contribution in [1.29, 1.82) is 0 Å². The van der Waals surface area contributed by atoms with Gasteiger partial charge in [-0.1, -0.05) is 0 Å². The molecule has 0 saturated carbocycles. The molecule has 0 aliphatic heterocycles. The second-order valence-electron chi connectivity index (χ2n) is 7.77. The van der Waals surface area contributed by atoms with Crippen molar-refractivity contribution in [2.45, 2.75) is 32.9 Å². The van der Waals surface area contributed by atoms with E-state index in [0.717, 1.165) is 5.56 Å². The third-order valence-corrected chi connectivity index (χ3v) is 3.99. The molecule has 1 amide bonds. The van der Waals surface area contributed by atoms with Crippen LogP contribution in [0.25, 0.3) is 11.1 Å². The van der Waals surface area contributed by atoms with Crippen LogP contribution in [0.3, 0.4) is 0 Å². The molecule has 3 rings (SSSR count). The lowest BCUT2D eigenvalue weighted by Crippen LogP contribution is -2.34. The molecule has 1 aromatic carbocycles. The number of pyridine rings is 1. The van der Waals surface area contributed by atoms with E-state index in [2.05, 4.69) is 20.6 Å². The molecular formula is C22H25FN4O4. The Bertz CT molecular complexity index is 1040. The molecule has 0 saturated heterocycles. The summed E-state index contributed by atoms with van der Waals surface area (Å²) in [6.07, 6.45) is 3.22. The molecule has 164 valence electrons. The van der Waals surface area contributed by atoms with Gasteiger partial charge in [-0.25, -0.2) is 9.18 Å². The fraction of sp³-hybridized carbons (Fsp3) is 0.318. The number of carbonyl (C=O) groups is 1. The number of fused-ring (bicyclic) bond motifs is 1. The number of hydrogen-bond donors (Lipinski definition) is 2. The topological polar surface area (TPSA) is 98.5 Å².